The van der Waals surface area contributed by atoms with E-state index in [4.69, 9.17) is 0 Å². The third-order valence-electron chi connectivity index (χ3n) is 3.71. The summed E-state index contributed by atoms with van der Waals surface area (Å²) in [6.07, 6.45) is 8.68. The van der Waals surface area contributed by atoms with Crippen molar-refractivity contribution < 1.29 is 0 Å². The monoisotopic (exact) mass is 245 g/mol. The summed E-state index contributed by atoms with van der Waals surface area (Å²) in [6, 6.07) is 0. The summed E-state index contributed by atoms with van der Waals surface area (Å²) in [5, 5.41) is 1.22. The predicted octanol–water partition coefficient (Wildman–Crippen LogP) is 3.04. The van der Waals surface area contributed by atoms with E-state index < -0.39 is 0 Å². The first-order valence-electron chi connectivity index (χ1n) is 5.63. The van der Waals surface area contributed by atoms with Crippen LogP contribution in [0.1, 0.15) is 38.5 Å². The van der Waals surface area contributed by atoms with Gasteiger partial charge in [0.2, 0.25) is 0 Å². The van der Waals surface area contributed by atoms with E-state index >= 15 is 0 Å². The summed E-state index contributed by atoms with van der Waals surface area (Å²) in [5.41, 5.74) is 0.664. The van der Waals surface area contributed by atoms with Crippen LogP contribution in [0.25, 0.3) is 0 Å². The summed E-state index contributed by atoms with van der Waals surface area (Å²) in [4.78, 5) is 2.68. The van der Waals surface area contributed by atoms with Crippen molar-refractivity contribution in [1.29, 1.82) is 0 Å². The van der Waals surface area contributed by atoms with Crippen LogP contribution >= 0.6 is 15.9 Å². The Morgan fingerprint density at radius 2 is 1.69 bits per heavy atom. The van der Waals surface area contributed by atoms with E-state index in [2.05, 4.69) is 20.8 Å². The van der Waals surface area contributed by atoms with Crippen LogP contribution in [0.4, 0.5) is 0 Å². The maximum absolute atomic E-state index is 3.68. The van der Waals surface area contributed by atoms with Crippen LogP contribution in [-0.4, -0.2) is 29.9 Å². The lowest BCUT2D eigenvalue weighted by molar-refractivity contribution is 0.0798. The second-order valence-electron chi connectivity index (χ2n) is 4.82. The fraction of sp³-hybridized carbons (Fsp3) is 1.00. The van der Waals surface area contributed by atoms with Gasteiger partial charge in [-0.3, -0.25) is 0 Å². The van der Waals surface area contributed by atoms with Gasteiger partial charge in [0.25, 0.3) is 0 Å². The topological polar surface area (TPSA) is 3.24 Å². The van der Waals surface area contributed by atoms with Crippen molar-refractivity contribution in [2.24, 2.45) is 5.41 Å². The summed E-state index contributed by atoms with van der Waals surface area (Å²) in [6.45, 7) is 4.07. The molecule has 2 heteroatoms. The van der Waals surface area contributed by atoms with Crippen molar-refractivity contribution in [3.05, 3.63) is 0 Å². The molecule has 0 N–H and O–H groups in total. The van der Waals surface area contributed by atoms with Gasteiger partial charge in [-0.1, -0.05) is 28.8 Å². The third-order valence-corrected chi connectivity index (χ3v) is 4.89. The van der Waals surface area contributed by atoms with Crippen LogP contribution in [0.3, 0.4) is 0 Å². The number of piperidine rings is 1. The molecule has 2 rings (SSSR count). The zero-order valence-electron chi connectivity index (χ0n) is 8.40. The van der Waals surface area contributed by atoms with E-state index in [0.29, 0.717) is 5.41 Å². The van der Waals surface area contributed by atoms with Crippen molar-refractivity contribution >= 4 is 15.9 Å². The number of halogens is 1. The molecule has 0 atom stereocenters. The molecule has 0 unspecified atom stereocenters. The van der Waals surface area contributed by atoms with Gasteiger partial charge >= 0.3 is 0 Å². The zero-order valence-corrected chi connectivity index (χ0v) is 9.98. The molecule has 1 saturated carbocycles. The normalized spacial score (nSPS) is 28.4. The van der Waals surface area contributed by atoms with Crippen molar-refractivity contribution in [1.82, 2.24) is 4.90 Å². The molecular weight excluding hydrogens is 226 g/mol. The highest BCUT2D eigenvalue weighted by Gasteiger charge is 2.37. The van der Waals surface area contributed by atoms with Crippen LogP contribution < -0.4 is 0 Å². The van der Waals surface area contributed by atoms with Crippen LogP contribution in [0, 0.1) is 5.41 Å². The van der Waals surface area contributed by atoms with Crippen LogP contribution in [0.15, 0.2) is 0 Å². The molecule has 0 spiro atoms. The SMILES string of the molecule is BrCC1(CN2CCCCC2)CCC1. The summed E-state index contributed by atoms with van der Waals surface area (Å²) in [7, 11) is 0. The largest absolute Gasteiger partial charge is 0.303 e. The van der Waals surface area contributed by atoms with Gasteiger partial charge in [-0.05, 0) is 44.2 Å². The van der Waals surface area contributed by atoms with E-state index in [0.717, 1.165) is 0 Å². The summed E-state index contributed by atoms with van der Waals surface area (Å²) >= 11 is 3.68. The lowest BCUT2D eigenvalue weighted by atomic mass is 9.70. The van der Waals surface area contributed by atoms with E-state index in [1.54, 1.807) is 0 Å². The molecule has 1 heterocycles. The van der Waals surface area contributed by atoms with Crippen LogP contribution in [0.5, 0.6) is 0 Å². The van der Waals surface area contributed by atoms with Gasteiger partial charge in [0.15, 0.2) is 0 Å². The highest BCUT2D eigenvalue weighted by molar-refractivity contribution is 9.09. The minimum absolute atomic E-state index is 0.664. The fourth-order valence-corrected chi connectivity index (χ4v) is 3.34. The standard InChI is InChI=1S/C11H20BrN/c12-9-11(5-4-6-11)10-13-7-2-1-3-8-13/h1-10H2. The number of nitrogens with zero attached hydrogens (tertiary/aromatic N) is 1. The highest BCUT2D eigenvalue weighted by Crippen LogP contribution is 2.43. The van der Waals surface area contributed by atoms with Crippen molar-refractivity contribution in [3.8, 4) is 0 Å². The number of likely N-dealkylation sites (tertiary alicyclic amines) is 1. The van der Waals surface area contributed by atoms with Gasteiger partial charge < -0.3 is 4.90 Å². The molecular formula is C11H20BrN. The molecule has 0 aromatic carbocycles. The average molecular weight is 246 g/mol. The second kappa shape index (κ2) is 4.31. The second-order valence-corrected chi connectivity index (χ2v) is 5.38. The van der Waals surface area contributed by atoms with Gasteiger partial charge in [0.1, 0.15) is 0 Å². The smallest absolute Gasteiger partial charge is 0.0100 e. The first-order chi connectivity index (χ1) is 6.35. The number of hydrogen-bond donors (Lipinski definition) is 0. The molecule has 1 saturated heterocycles. The Labute approximate surface area is 90.0 Å². The first-order valence-corrected chi connectivity index (χ1v) is 6.75. The van der Waals surface area contributed by atoms with Gasteiger partial charge in [-0.25, -0.2) is 0 Å². The van der Waals surface area contributed by atoms with Gasteiger partial charge in [0.05, 0.1) is 0 Å². The lowest BCUT2D eigenvalue weighted by Crippen LogP contribution is -2.45. The van der Waals surface area contributed by atoms with E-state index in [9.17, 15) is 0 Å². The van der Waals surface area contributed by atoms with Gasteiger partial charge in [-0.2, -0.15) is 0 Å². The number of alkyl halides is 1. The molecule has 0 bridgehead atoms. The Morgan fingerprint density at radius 3 is 2.15 bits per heavy atom. The van der Waals surface area contributed by atoms with Crippen molar-refractivity contribution in [3.63, 3.8) is 0 Å². The van der Waals surface area contributed by atoms with Gasteiger partial charge in [0, 0.05) is 11.9 Å². The number of hydrogen-bond acceptors (Lipinski definition) is 1. The highest BCUT2D eigenvalue weighted by atomic mass is 79.9. The molecule has 76 valence electrons. The Bertz CT molecular complexity index is 154. The zero-order chi connectivity index (χ0) is 9.15. The Kier molecular flexibility index (Phi) is 3.31. The third kappa shape index (κ3) is 2.27. The lowest BCUT2D eigenvalue weighted by Gasteiger charge is -2.45. The first kappa shape index (κ1) is 9.97. The average Bonchev–Trinajstić information content (AvgIpc) is 2.13. The molecule has 0 aromatic rings. The van der Waals surface area contributed by atoms with E-state index in [-0.39, 0.29) is 0 Å². The van der Waals surface area contributed by atoms with Crippen LogP contribution in [-0.2, 0) is 0 Å². The quantitative estimate of drug-likeness (QED) is 0.692. The maximum Gasteiger partial charge on any atom is 0.0100 e. The molecule has 0 radical (unpaired) electrons. The fourth-order valence-electron chi connectivity index (χ4n) is 2.60. The minimum Gasteiger partial charge on any atom is -0.303 e. The molecule has 1 aliphatic carbocycles. The number of rotatable bonds is 3. The van der Waals surface area contributed by atoms with E-state index in [1.165, 1.54) is 63.5 Å². The minimum atomic E-state index is 0.664. The van der Waals surface area contributed by atoms with Gasteiger partial charge in [-0.15, -0.1) is 0 Å². The Balaban J connectivity index is 1.81. The molecule has 2 fully saturated rings. The molecule has 13 heavy (non-hydrogen) atoms. The predicted molar refractivity (Wildman–Crippen MR) is 60.4 cm³/mol. The summed E-state index contributed by atoms with van der Waals surface area (Å²) in [5.74, 6) is 0. The molecule has 1 aliphatic heterocycles. The van der Waals surface area contributed by atoms with E-state index in [1.807, 2.05) is 0 Å². The van der Waals surface area contributed by atoms with Crippen molar-refractivity contribution in [2.75, 3.05) is 25.0 Å². The van der Waals surface area contributed by atoms with Crippen molar-refractivity contribution in [2.45, 2.75) is 38.5 Å². The molecule has 2 aliphatic rings. The Morgan fingerprint density at radius 1 is 1.00 bits per heavy atom. The Hall–Kier alpha value is 0.440. The summed E-state index contributed by atoms with van der Waals surface area (Å²) < 4.78 is 0. The maximum atomic E-state index is 3.68. The van der Waals surface area contributed by atoms with Crippen LogP contribution in [0.2, 0.25) is 0 Å². The molecule has 0 aromatic heterocycles. The molecule has 0 amide bonds. The molecule has 1 nitrogen and oxygen atoms in total.